The van der Waals surface area contributed by atoms with Crippen LogP contribution in [-0.4, -0.2) is 11.8 Å². The van der Waals surface area contributed by atoms with Crippen molar-refractivity contribution in [2.45, 2.75) is 26.8 Å². The second-order valence-electron chi connectivity index (χ2n) is 7.00. The van der Waals surface area contributed by atoms with Gasteiger partial charge in [-0.25, -0.2) is 0 Å². The van der Waals surface area contributed by atoms with Gasteiger partial charge in [0.1, 0.15) is 11.5 Å². The number of aryl methyl sites for hydroxylation is 2. The quantitative estimate of drug-likeness (QED) is 0.609. The second-order valence-corrected chi connectivity index (χ2v) is 7.00. The monoisotopic (exact) mass is 388 g/mol. The van der Waals surface area contributed by atoms with E-state index in [1.54, 1.807) is 24.3 Å². The fourth-order valence-electron chi connectivity index (χ4n) is 2.79. The van der Waals surface area contributed by atoms with Gasteiger partial charge in [-0.15, -0.1) is 0 Å². The number of nitrogens with one attached hydrogen (secondary N) is 2. The predicted octanol–water partition coefficient (Wildman–Crippen LogP) is 4.54. The minimum Gasteiger partial charge on any atom is -0.465 e. The van der Waals surface area contributed by atoms with Crippen LogP contribution in [0.3, 0.4) is 0 Å². The number of hydrogen-bond donors (Lipinski definition) is 2. The van der Waals surface area contributed by atoms with Crippen LogP contribution in [-0.2, 0) is 4.79 Å². The molecular formula is C24H24N2O3. The Labute approximate surface area is 170 Å². The maximum absolute atomic E-state index is 12.9. The van der Waals surface area contributed by atoms with Crippen LogP contribution in [0.1, 0.15) is 45.8 Å². The summed E-state index contributed by atoms with van der Waals surface area (Å²) in [5, 5.41) is 5.64. The molecule has 29 heavy (non-hydrogen) atoms. The topological polar surface area (TPSA) is 71.3 Å². The molecule has 1 atom stereocenters. The molecule has 0 fully saturated rings. The largest absolute Gasteiger partial charge is 0.465 e. The zero-order valence-electron chi connectivity index (χ0n) is 16.7. The summed E-state index contributed by atoms with van der Waals surface area (Å²) in [4.78, 5) is 25.5. The molecule has 5 heteroatoms. The summed E-state index contributed by atoms with van der Waals surface area (Å²) < 4.78 is 5.31. The van der Waals surface area contributed by atoms with Crippen molar-refractivity contribution in [3.05, 3.63) is 101 Å². The summed E-state index contributed by atoms with van der Waals surface area (Å²) in [6, 6.07) is 18.3. The Balaban J connectivity index is 1.79. The number of furan rings is 1. The summed E-state index contributed by atoms with van der Waals surface area (Å²) in [6.07, 6.45) is 3.03. The molecule has 2 N–H and O–H groups in total. The lowest BCUT2D eigenvalue weighted by Crippen LogP contribution is -2.36. The lowest BCUT2D eigenvalue weighted by Gasteiger charge is -2.17. The molecule has 2 aromatic carbocycles. The molecule has 0 aliphatic heterocycles. The average Bonchev–Trinajstić information content (AvgIpc) is 3.21. The van der Waals surface area contributed by atoms with E-state index in [0.717, 1.165) is 16.7 Å². The molecule has 0 spiro atoms. The molecule has 3 aromatic rings. The Morgan fingerprint density at radius 2 is 1.55 bits per heavy atom. The fraction of sp³-hybridized carbons (Fsp3) is 0.167. The highest BCUT2D eigenvalue weighted by atomic mass is 16.3. The molecule has 0 radical (unpaired) electrons. The van der Waals surface area contributed by atoms with Crippen molar-refractivity contribution in [2.24, 2.45) is 0 Å². The van der Waals surface area contributed by atoms with Gasteiger partial charge in [0.15, 0.2) is 0 Å². The first-order valence-corrected chi connectivity index (χ1v) is 9.43. The van der Waals surface area contributed by atoms with Gasteiger partial charge < -0.3 is 15.1 Å². The van der Waals surface area contributed by atoms with Crippen molar-refractivity contribution in [3.63, 3.8) is 0 Å². The third kappa shape index (κ3) is 5.45. The van der Waals surface area contributed by atoms with Gasteiger partial charge in [0.2, 0.25) is 0 Å². The molecule has 0 saturated heterocycles. The van der Waals surface area contributed by atoms with Crippen LogP contribution in [0.2, 0.25) is 0 Å². The average molecular weight is 388 g/mol. The van der Waals surface area contributed by atoms with Crippen LogP contribution in [0.5, 0.6) is 0 Å². The van der Waals surface area contributed by atoms with E-state index in [4.69, 9.17) is 4.42 Å². The summed E-state index contributed by atoms with van der Waals surface area (Å²) >= 11 is 0. The lowest BCUT2D eigenvalue weighted by molar-refractivity contribution is -0.118. The first-order chi connectivity index (χ1) is 13.9. The zero-order chi connectivity index (χ0) is 20.8. The van der Waals surface area contributed by atoms with Gasteiger partial charge in [-0.2, -0.15) is 0 Å². The molecule has 0 saturated carbocycles. The molecule has 0 aliphatic carbocycles. The predicted molar refractivity (Wildman–Crippen MR) is 113 cm³/mol. The standard InChI is InChI=1S/C24H24N2O3/c1-16-6-10-19(11-7-16)18(3)25-24(28)22(15-21-5-4-14-29-21)26-23(27)20-12-8-17(2)9-13-20/h4-15,18H,1-3H3,(H,25,28)(H,26,27)/b22-15-. The van der Waals surface area contributed by atoms with E-state index >= 15 is 0 Å². The number of carbonyl (C=O) groups excluding carboxylic acids is 2. The molecule has 5 nitrogen and oxygen atoms in total. The summed E-state index contributed by atoms with van der Waals surface area (Å²) in [6.45, 7) is 5.86. The Hall–Kier alpha value is -3.60. The van der Waals surface area contributed by atoms with Crippen molar-refractivity contribution in [1.82, 2.24) is 10.6 Å². The van der Waals surface area contributed by atoms with Crippen molar-refractivity contribution in [3.8, 4) is 0 Å². The molecule has 1 unspecified atom stereocenters. The van der Waals surface area contributed by atoms with Gasteiger partial charge in [0.05, 0.1) is 12.3 Å². The molecule has 0 bridgehead atoms. The molecule has 2 amide bonds. The van der Waals surface area contributed by atoms with E-state index in [2.05, 4.69) is 10.6 Å². The molecule has 3 rings (SSSR count). The SMILES string of the molecule is Cc1ccc(C(=O)N/C(=C\c2ccco2)C(=O)NC(C)c2ccc(C)cc2)cc1. The van der Waals surface area contributed by atoms with E-state index in [-0.39, 0.29) is 17.6 Å². The highest BCUT2D eigenvalue weighted by Crippen LogP contribution is 2.15. The number of benzene rings is 2. The third-order valence-corrected chi connectivity index (χ3v) is 4.56. The highest BCUT2D eigenvalue weighted by Gasteiger charge is 2.18. The van der Waals surface area contributed by atoms with Crippen molar-refractivity contribution in [2.75, 3.05) is 0 Å². The summed E-state index contributed by atoms with van der Waals surface area (Å²) in [5.74, 6) is -0.279. The molecule has 1 heterocycles. The van der Waals surface area contributed by atoms with Crippen molar-refractivity contribution < 1.29 is 14.0 Å². The van der Waals surface area contributed by atoms with Crippen LogP contribution in [0.4, 0.5) is 0 Å². The van der Waals surface area contributed by atoms with Gasteiger partial charge in [0, 0.05) is 11.6 Å². The minimum atomic E-state index is -0.394. The number of hydrogen-bond acceptors (Lipinski definition) is 3. The smallest absolute Gasteiger partial charge is 0.268 e. The van der Waals surface area contributed by atoms with E-state index in [0.29, 0.717) is 11.3 Å². The van der Waals surface area contributed by atoms with Gasteiger partial charge in [-0.05, 0) is 50.6 Å². The Bertz CT molecular complexity index is 1000. The van der Waals surface area contributed by atoms with E-state index in [9.17, 15) is 9.59 Å². The van der Waals surface area contributed by atoms with Crippen LogP contribution < -0.4 is 10.6 Å². The van der Waals surface area contributed by atoms with Gasteiger partial charge in [-0.1, -0.05) is 47.5 Å². The first-order valence-electron chi connectivity index (χ1n) is 9.43. The van der Waals surface area contributed by atoms with Gasteiger partial charge in [-0.3, -0.25) is 9.59 Å². The van der Waals surface area contributed by atoms with Crippen LogP contribution in [0.25, 0.3) is 6.08 Å². The van der Waals surface area contributed by atoms with Crippen LogP contribution in [0.15, 0.2) is 77.0 Å². The van der Waals surface area contributed by atoms with E-state index in [1.165, 1.54) is 12.3 Å². The van der Waals surface area contributed by atoms with Gasteiger partial charge >= 0.3 is 0 Å². The maximum atomic E-state index is 12.9. The van der Waals surface area contributed by atoms with Gasteiger partial charge in [0.25, 0.3) is 11.8 Å². The van der Waals surface area contributed by atoms with Crippen LogP contribution >= 0.6 is 0 Å². The first kappa shape index (κ1) is 20.1. The van der Waals surface area contributed by atoms with Crippen molar-refractivity contribution in [1.29, 1.82) is 0 Å². The Morgan fingerprint density at radius 1 is 0.931 bits per heavy atom. The highest BCUT2D eigenvalue weighted by molar-refractivity contribution is 6.05. The van der Waals surface area contributed by atoms with Crippen LogP contribution in [0, 0.1) is 13.8 Å². The number of amides is 2. The molecular weight excluding hydrogens is 364 g/mol. The summed E-state index contributed by atoms with van der Waals surface area (Å²) in [5.41, 5.74) is 3.77. The second kappa shape index (κ2) is 9.06. The third-order valence-electron chi connectivity index (χ3n) is 4.56. The van der Waals surface area contributed by atoms with E-state index in [1.807, 2.05) is 57.2 Å². The number of carbonyl (C=O) groups is 2. The Kier molecular flexibility index (Phi) is 6.29. The molecule has 0 aliphatic rings. The minimum absolute atomic E-state index is 0.115. The zero-order valence-corrected chi connectivity index (χ0v) is 16.7. The summed E-state index contributed by atoms with van der Waals surface area (Å²) in [7, 11) is 0. The lowest BCUT2D eigenvalue weighted by atomic mass is 10.1. The van der Waals surface area contributed by atoms with Crippen molar-refractivity contribution >= 4 is 17.9 Å². The fourth-order valence-corrected chi connectivity index (χ4v) is 2.79. The molecule has 1 aromatic heterocycles. The Morgan fingerprint density at radius 3 is 2.14 bits per heavy atom. The molecule has 148 valence electrons. The maximum Gasteiger partial charge on any atom is 0.268 e. The van der Waals surface area contributed by atoms with E-state index < -0.39 is 5.91 Å². The normalized spacial score (nSPS) is 12.3. The number of rotatable bonds is 6.